The number of benzene rings is 1. The predicted molar refractivity (Wildman–Crippen MR) is 99.2 cm³/mol. The number of carbonyl (C=O) groups excluding carboxylic acids is 1. The van der Waals surface area contributed by atoms with Gasteiger partial charge in [-0.15, -0.1) is 0 Å². The Labute approximate surface area is 156 Å². The highest BCUT2D eigenvalue weighted by Crippen LogP contribution is 2.35. The molecule has 0 aliphatic carbocycles. The zero-order chi connectivity index (χ0) is 19.6. The second-order valence-electron chi connectivity index (χ2n) is 5.72. The highest BCUT2D eigenvalue weighted by atomic mass is 32.2. The van der Waals surface area contributed by atoms with Gasteiger partial charge in [-0.05, 0) is 36.8 Å². The predicted octanol–water partition coefficient (Wildman–Crippen LogP) is 1.97. The summed E-state index contributed by atoms with van der Waals surface area (Å²) in [6.07, 6.45) is 3.25. The summed E-state index contributed by atoms with van der Waals surface area (Å²) in [6, 6.07) is 9.51. The number of nitrogens with two attached hydrogens (primary N) is 1. The molecule has 0 saturated heterocycles. The molecule has 0 fully saturated rings. The van der Waals surface area contributed by atoms with Gasteiger partial charge in [-0.3, -0.25) is 9.67 Å². The first-order valence-corrected chi connectivity index (χ1v) is 9.65. The van der Waals surface area contributed by atoms with Gasteiger partial charge in [0, 0.05) is 30.6 Å². The van der Waals surface area contributed by atoms with E-state index in [0.29, 0.717) is 16.8 Å². The van der Waals surface area contributed by atoms with Crippen molar-refractivity contribution in [2.24, 2.45) is 12.2 Å². The Morgan fingerprint density at radius 1 is 1.11 bits per heavy atom. The molecule has 0 radical (unpaired) electrons. The maximum Gasteiger partial charge on any atom is 0.357 e. The third-order valence-electron chi connectivity index (χ3n) is 3.94. The Bertz CT molecular complexity index is 1070. The van der Waals surface area contributed by atoms with Gasteiger partial charge in [0.25, 0.3) is 0 Å². The molecule has 0 aliphatic rings. The van der Waals surface area contributed by atoms with Crippen molar-refractivity contribution in [2.75, 3.05) is 6.61 Å². The van der Waals surface area contributed by atoms with Crippen molar-refractivity contribution in [1.29, 1.82) is 0 Å². The van der Waals surface area contributed by atoms with Crippen LogP contribution in [0, 0.1) is 0 Å². The SMILES string of the molecule is CCOC(=O)c1c(-c2ccc(S(N)(=O)=O)cc2)c(-c2ccncc2)nn1C. The largest absolute Gasteiger partial charge is 0.461 e. The molecule has 0 saturated carbocycles. The molecule has 140 valence electrons. The molecule has 2 aromatic heterocycles. The van der Waals surface area contributed by atoms with Gasteiger partial charge in [0.2, 0.25) is 10.0 Å². The van der Waals surface area contributed by atoms with Crippen molar-refractivity contribution in [2.45, 2.75) is 11.8 Å². The minimum Gasteiger partial charge on any atom is -0.461 e. The summed E-state index contributed by atoms with van der Waals surface area (Å²) < 4.78 is 29.7. The smallest absolute Gasteiger partial charge is 0.357 e. The molecule has 1 aromatic carbocycles. The summed E-state index contributed by atoms with van der Waals surface area (Å²) in [7, 11) is -2.16. The second kappa shape index (κ2) is 7.29. The van der Waals surface area contributed by atoms with Gasteiger partial charge in [-0.1, -0.05) is 12.1 Å². The van der Waals surface area contributed by atoms with Crippen LogP contribution < -0.4 is 5.14 Å². The lowest BCUT2D eigenvalue weighted by Crippen LogP contribution is -2.12. The lowest BCUT2D eigenvalue weighted by Gasteiger charge is -2.08. The van der Waals surface area contributed by atoms with E-state index in [0.717, 1.165) is 5.56 Å². The van der Waals surface area contributed by atoms with Crippen LogP contribution in [0.25, 0.3) is 22.4 Å². The molecule has 0 bridgehead atoms. The van der Waals surface area contributed by atoms with Crippen LogP contribution in [0.1, 0.15) is 17.4 Å². The van der Waals surface area contributed by atoms with Gasteiger partial charge in [-0.25, -0.2) is 18.4 Å². The number of aryl methyl sites for hydroxylation is 1. The van der Waals surface area contributed by atoms with E-state index in [9.17, 15) is 13.2 Å². The van der Waals surface area contributed by atoms with Crippen molar-refractivity contribution < 1.29 is 17.9 Å². The monoisotopic (exact) mass is 386 g/mol. The third kappa shape index (κ3) is 3.74. The van der Waals surface area contributed by atoms with E-state index in [1.807, 2.05) is 0 Å². The average Bonchev–Trinajstić information content (AvgIpc) is 2.99. The van der Waals surface area contributed by atoms with Crippen LogP contribution in [0.4, 0.5) is 0 Å². The fourth-order valence-corrected chi connectivity index (χ4v) is 3.27. The van der Waals surface area contributed by atoms with Crippen molar-refractivity contribution in [3.05, 3.63) is 54.5 Å². The first-order valence-electron chi connectivity index (χ1n) is 8.10. The van der Waals surface area contributed by atoms with Crippen molar-refractivity contribution in [3.8, 4) is 22.4 Å². The fourth-order valence-electron chi connectivity index (χ4n) is 2.75. The molecular weight excluding hydrogens is 368 g/mol. The molecular formula is C18H18N4O4S. The summed E-state index contributed by atoms with van der Waals surface area (Å²) in [5.74, 6) is -0.515. The number of esters is 1. The standard InChI is InChI=1S/C18H18N4O4S/c1-3-26-18(23)17-15(12-4-6-14(7-5-12)27(19,24)25)16(21-22(17)2)13-8-10-20-11-9-13/h4-11H,3H2,1-2H3,(H2,19,24,25). The van der Waals surface area contributed by atoms with Crippen LogP contribution in [0.15, 0.2) is 53.7 Å². The summed E-state index contributed by atoms with van der Waals surface area (Å²) in [5, 5.41) is 9.64. The van der Waals surface area contributed by atoms with Crippen LogP contribution in [0.3, 0.4) is 0 Å². The lowest BCUT2D eigenvalue weighted by molar-refractivity contribution is 0.0514. The first-order chi connectivity index (χ1) is 12.8. The molecule has 3 aromatic rings. The number of sulfonamides is 1. The van der Waals surface area contributed by atoms with E-state index in [4.69, 9.17) is 9.88 Å². The van der Waals surface area contributed by atoms with Crippen molar-refractivity contribution in [1.82, 2.24) is 14.8 Å². The number of pyridine rings is 1. The highest BCUT2D eigenvalue weighted by Gasteiger charge is 2.25. The molecule has 0 spiro atoms. The molecule has 2 heterocycles. The number of hydrogen-bond donors (Lipinski definition) is 1. The Kier molecular flexibility index (Phi) is 5.06. The van der Waals surface area contributed by atoms with E-state index in [1.54, 1.807) is 50.6 Å². The number of rotatable bonds is 5. The fraction of sp³-hybridized carbons (Fsp3) is 0.167. The molecule has 2 N–H and O–H groups in total. The van der Waals surface area contributed by atoms with Gasteiger partial charge in [0.1, 0.15) is 5.69 Å². The van der Waals surface area contributed by atoms with Crippen molar-refractivity contribution >= 4 is 16.0 Å². The molecule has 3 rings (SSSR count). The Morgan fingerprint density at radius 2 is 1.74 bits per heavy atom. The van der Waals surface area contributed by atoms with Crippen LogP contribution in [-0.2, 0) is 21.8 Å². The number of ether oxygens (including phenoxy) is 1. The van der Waals surface area contributed by atoms with E-state index in [2.05, 4.69) is 10.1 Å². The molecule has 9 heteroatoms. The lowest BCUT2D eigenvalue weighted by atomic mass is 9.99. The van der Waals surface area contributed by atoms with Crippen LogP contribution in [0.5, 0.6) is 0 Å². The van der Waals surface area contributed by atoms with E-state index < -0.39 is 16.0 Å². The highest BCUT2D eigenvalue weighted by molar-refractivity contribution is 7.89. The molecule has 0 atom stereocenters. The van der Waals surface area contributed by atoms with E-state index in [-0.39, 0.29) is 17.2 Å². The Hall–Kier alpha value is -3.04. The number of carbonyl (C=O) groups is 1. The molecule has 0 unspecified atom stereocenters. The number of nitrogens with zero attached hydrogens (tertiary/aromatic N) is 3. The number of primary sulfonamides is 1. The van der Waals surface area contributed by atoms with Gasteiger partial charge in [-0.2, -0.15) is 5.10 Å². The topological polar surface area (TPSA) is 117 Å². The zero-order valence-electron chi connectivity index (χ0n) is 14.8. The molecule has 8 nitrogen and oxygen atoms in total. The minimum atomic E-state index is -3.81. The maximum atomic E-state index is 12.5. The van der Waals surface area contributed by atoms with E-state index >= 15 is 0 Å². The second-order valence-corrected chi connectivity index (χ2v) is 7.28. The Morgan fingerprint density at radius 3 is 2.30 bits per heavy atom. The van der Waals surface area contributed by atoms with E-state index in [1.165, 1.54) is 16.8 Å². The van der Waals surface area contributed by atoms with Gasteiger partial charge >= 0.3 is 5.97 Å². The summed E-state index contributed by atoms with van der Waals surface area (Å²) in [4.78, 5) is 16.5. The summed E-state index contributed by atoms with van der Waals surface area (Å²) in [5.41, 5.74) is 2.76. The van der Waals surface area contributed by atoms with Gasteiger partial charge in [0.15, 0.2) is 5.69 Å². The third-order valence-corrected chi connectivity index (χ3v) is 4.87. The van der Waals surface area contributed by atoms with Crippen LogP contribution >= 0.6 is 0 Å². The first kappa shape index (κ1) is 18.7. The zero-order valence-corrected chi connectivity index (χ0v) is 15.6. The quantitative estimate of drug-likeness (QED) is 0.670. The average molecular weight is 386 g/mol. The molecule has 0 amide bonds. The van der Waals surface area contributed by atoms with Gasteiger partial charge < -0.3 is 4.74 Å². The normalized spacial score (nSPS) is 11.4. The maximum absolute atomic E-state index is 12.5. The van der Waals surface area contributed by atoms with Gasteiger partial charge in [0.05, 0.1) is 11.5 Å². The summed E-state index contributed by atoms with van der Waals surface area (Å²) >= 11 is 0. The van der Waals surface area contributed by atoms with Crippen LogP contribution in [0.2, 0.25) is 0 Å². The summed E-state index contributed by atoms with van der Waals surface area (Å²) in [6.45, 7) is 1.94. The number of hydrogen-bond acceptors (Lipinski definition) is 6. The van der Waals surface area contributed by atoms with Crippen molar-refractivity contribution in [3.63, 3.8) is 0 Å². The molecule has 27 heavy (non-hydrogen) atoms. The Balaban J connectivity index is 2.24. The number of aromatic nitrogens is 3. The van der Waals surface area contributed by atoms with Crippen LogP contribution in [-0.4, -0.2) is 35.8 Å². The minimum absolute atomic E-state index is 0.0155. The molecule has 0 aliphatic heterocycles.